The molecule has 0 saturated heterocycles. The molecule has 26 heavy (non-hydrogen) atoms. The fourth-order valence-corrected chi connectivity index (χ4v) is 3.07. The van der Waals surface area contributed by atoms with E-state index in [9.17, 15) is 13.2 Å². The van der Waals surface area contributed by atoms with Crippen LogP contribution in [-0.2, 0) is 19.6 Å². The molecule has 0 saturated carbocycles. The van der Waals surface area contributed by atoms with Crippen molar-refractivity contribution in [3.05, 3.63) is 42.5 Å². The monoisotopic (exact) mass is 381 g/mol. The zero-order valence-electron chi connectivity index (χ0n) is 14.5. The van der Waals surface area contributed by atoms with Crippen molar-refractivity contribution in [2.75, 3.05) is 32.7 Å². The van der Waals surface area contributed by atoms with Crippen LogP contribution in [0.2, 0.25) is 0 Å². The number of rotatable bonds is 8. The van der Waals surface area contributed by atoms with Gasteiger partial charge >= 0.3 is 5.97 Å². The summed E-state index contributed by atoms with van der Waals surface area (Å²) in [6.07, 6.45) is 0. The molecule has 0 atom stereocenters. The predicted molar refractivity (Wildman–Crippen MR) is 94.3 cm³/mol. The molecule has 0 fully saturated rings. The number of esters is 1. The van der Waals surface area contributed by atoms with E-state index in [-0.39, 0.29) is 17.2 Å². The van der Waals surface area contributed by atoms with E-state index >= 15 is 0 Å². The van der Waals surface area contributed by atoms with E-state index in [4.69, 9.17) is 14.2 Å². The molecule has 9 heteroatoms. The predicted octanol–water partition coefficient (Wildman–Crippen LogP) is 2.06. The number of carbonyl (C=O) groups excluding carboxylic acids is 1. The molecular weight excluding hydrogens is 362 g/mol. The molecule has 0 radical (unpaired) electrons. The van der Waals surface area contributed by atoms with Crippen LogP contribution < -0.4 is 18.9 Å². The number of nitrogens with one attached hydrogen (secondary N) is 1. The zero-order valence-corrected chi connectivity index (χ0v) is 15.3. The number of anilines is 1. The minimum atomic E-state index is -3.86. The van der Waals surface area contributed by atoms with Crippen molar-refractivity contribution < 1.29 is 32.2 Å². The van der Waals surface area contributed by atoms with Gasteiger partial charge in [0, 0.05) is 6.07 Å². The van der Waals surface area contributed by atoms with E-state index in [1.54, 1.807) is 12.1 Å². The van der Waals surface area contributed by atoms with Crippen LogP contribution in [0.3, 0.4) is 0 Å². The van der Waals surface area contributed by atoms with Crippen molar-refractivity contribution >= 4 is 21.7 Å². The Balaban J connectivity index is 2.19. The summed E-state index contributed by atoms with van der Waals surface area (Å²) in [4.78, 5) is 11.1. The summed E-state index contributed by atoms with van der Waals surface area (Å²) in [5, 5.41) is 0. The Labute approximate surface area is 151 Å². The number of methoxy groups -OCH3 is 3. The van der Waals surface area contributed by atoms with Crippen molar-refractivity contribution in [1.29, 1.82) is 0 Å². The van der Waals surface area contributed by atoms with Gasteiger partial charge in [-0.25, -0.2) is 13.2 Å². The minimum Gasteiger partial charge on any atom is -0.497 e. The SMILES string of the molecule is COC(=O)COc1ccc(S(=O)(=O)Nc2cc(OC)ccc2OC)cc1. The first-order chi connectivity index (χ1) is 12.4. The third-order valence-corrected chi connectivity index (χ3v) is 4.75. The lowest BCUT2D eigenvalue weighted by atomic mass is 10.3. The highest BCUT2D eigenvalue weighted by molar-refractivity contribution is 7.92. The van der Waals surface area contributed by atoms with Crippen LogP contribution in [0.1, 0.15) is 0 Å². The highest BCUT2D eigenvalue weighted by Crippen LogP contribution is 2.31. The van der Waals surface area contributed by atoms with Crippen molar-refractivity contribution in [1.82, 2.24) is 0 Å². The zero-order chi connectivity index (χ0) is 19.2. The molecule has 0 aromatic heterocycles. The van der Waals surface area contributed by atoms with Gasteiger partial charge in [0.25, 0.3) is 10.0 Å². The molecule has 8 nitrogen and oxygen atoms in total. The molecule has 2 aromatic carbocycles. The van der Waals surface area contributed by atoms with Gasteiger partial charge in [-0.3, -0.25) is 4.72 Å². The van der Waals surface area contributed by atoms with Crippen molar-refractivity contribution in [2.45, 2.75) is 4.90 Å². The second-order valence-corrected chi connectivity index (χ2v) is 6.69. The molecule has 0 spiro atoms. The fraction of sp³-hybridized carbons (Fsp3) is 0.235. The number of ether oxygens (including phenoxy) is 4. The summed E-state index contributed by atoms with van der Waals surface area (Å²) < 4.78 is 47.5. The number of hydrogen-bond acceptors (Lipinski definition) is 7. The Morgan fingerprint density at radius 2 is 1.62 bits per heavy atom. The summed E-state index contributed by atoms with van der Waals surface area (Å²) >= 11 is 0. The number of benzene rings is 2. The summed E-state index contributed by atoms with van der Waals surface area (Å²) in [6, 6.07) is 10.4. The molecule has 0 bridgehead atoms. The normalized spacial score (nSPS) is 10.7. The van der Waals surface area contributed by atoms with E-state index in [2.05, 4.69) is 9.46 Å². The van der Waals surface area contributed by atoms with Gasteiger partial charge in [-0.15, -0.1) is 0 Å². The summed E-state index contributed by atoms with van der Waals surface area (Å²) in [5.41, 5.74) is 0.248. The number of carbonyl (C=O) groups is 1. The van der Waals surface area contributed by atoms with Crippen molar-refractivity contribution in [3.8, 4) is 17.2 Å². The highest BCUT2D eigenvalue weighted by Gasteiger charge is 2.17. The Morgan fingerprint density at radius 3 is 2.19 bits per heavy atom. The molecule has 0 aliphatic carbocycles. The average Bonchev–Trinajstić information content (AvgIpc) is 2.66. The van der Waals surface area contributed by atoms with Gasteiger partial charge in [0.2, 0.25) is 0 Å². The fourth-order valence-electron chi connectivity index (χ4n) is 2.01. The maximum atomic E-state index is 12.6. The van der Waals surface area contributed by atoms with Crippen LogP contribution in [0.15, 0.2) is 47.4 Å². The third kappa shape index (κ3) is 4.79. The quantitative estimate of drug-likeness (QED) is 0.699. The first-order valence-corrected chi connectivity index (χ1v) is 8.92. The molecule has 1 N–H and O–H groups in total. The molecule has 0 heterocycles. The van der Waals surface area contributed by atoms with Crippen LogP contribution in [0.4, 0.5) is 5.69 Å². The van der Waals surface area contributed by atoms with Crippen LogP contribution in [0, 0.1) is 0 Å². The summed E-state index contributed by atoms with van der Waals surface area (Å²) in [6.45, 7) is -0.262. The average molecular weight is 381 g/mol. The first kappa shape index (κ1) is 19.4. The summed E-state index contributed by atoms with van der Waals surface area (Å²) in [5.74, 6) is 0.643. The van der Waals surface area contributed by atoms with Crippen molar-refractivity contribution in [2.24, 2.45) is 0 Å². The molecule has 2 rings (SSSR count). The Hall–Kier alpha value is -2.94. The first-order valence-electron chi connectivity index (χ1n) is 7.44. The summed E-state index contributed by atoms with van der Waals surface area (Å²) in [7, 11) is 0.310. The molecule has 140 valence electrons. The standard InChI is InChI=1S/C17H19NO7S/c1-22-13-6-9-16(23-2)15(10-13)18-26(20,21)14-7-4-12(5-8-14)25-11-17(19)24-3/h4-10,18H,11H2,1-3H3. The number of sulfonamides is 1. The lowest BCUT2D eigenvalue weighted by Crippen LogP contribution is -2.14. The molecule has 0 unspecified atom stereocenters. The second-order valence-electron chi connectivity index (χ2n) is 5.01. The van der Waals surface area contributed by atoms with Gasteiger partial charge in [0.1, 0.15) is 17.2 Å². The Kier molecular flexibility index (Phi) is 6.29. The Morgan fingerprint density at radius 1 is 0.962 bits per heavy atom. The van der Waals surface area contributed by atoms with E-state index in [1.165, 1.54) is 51.7 Å². The highest BCUT2D eigenvalue weighted by atomic mass is 32.2. The number of hydrogen-bond donors (Lipinski definition) is 1. The molecular formula is C17H19NO7S. The topological polar surface area (TPSA) is 100 Å². The van der Waals surface area contributed by atoms with Gasteiger partial charge in [-0.2, -0.15) is 0 Å². The van der Waals surface area contributed by atoms with Gasteiger partial charge in [0.05, 0.1) is 31.9 Å². The maximum Gasteiger partial charge on any atom is 0.343 e. The smallest absolute Gasteiger partial charge is 0.343 e. The van der Waals surface area contributed by atoms with Crippen molar-refractivity contribution in [3.63, 3.8) is 0 Å². The van der Waals surface area contributed by atoms with Gasteiger partial charge in [-0.05, 0) is 36.4 Å². The van der Waals surface area contributed by atoms with Gasteiger partial charge in [-0.1, -0.05) is 0 Å². The third-order valence-electron chi connectivity index (χ3n) is 3.37. The Bertz CT molecular complexity index is 863. The molecule has 2 aromatic rings. The van der Waals surface area contributed by atoms with E-state index < -0.39 is 16.0 Å². The van der Waals surface area contributed by atoms with E-state index in [0.717, 1.165) is 0 Å². The van der Waals surface area contributed by atoms with Gasteiger partial charge < -0.3 is 18.9 Å². The van der Waals surface area contributed by atoms with E-state index in [1.807, 2.05) is 0 Å². The lowest BCUT2D eigenvalue weighted by Gasteiger charge is -2.13. The van der Waals surface area contributed by atoms with Crippen LogP contribution in [0.25, 0.3) is 0 Å². The largest absolute Gasteiger partial charge is 0.497 e. The van der Waals surface area contributed by atoms with Crippen LogP contribution in [0.5, 0.6) is 17.2 Å². The minimum absolute atomic E-state index is 0.0211. The lowest BCUT2D eigenvalue weighted by molar-refractivity contribution is -0.142. The molecule has 0 aliphatic rings. The molecule has 0 amide bonds. The maximum absolute atomic E-state index is 12.6. The van der Waals surface area contributed by atoms with E-state index in [0.29, 0.717) is 17.2 Å². The second kappa shape index (κ2) is 8.43. The van der Waals surface area contributed by atoms with Gasteiger partial charge in [0.15, 0.2) is 6.61 Å². The van der Waals surface area contributed by atoms with Crippen LogP contribution >= 0.6 is 0 Å². The molecule has 0 aliphatic heterocycles. The van der Waals surface area contributed by atoms with Crippen LogP contribution in [-0.4, -0.2) is 42.3 Å².